The Morgan fingerprint density at radius 2 is 1.85 bits per heavy atom. The molecular weight excluding hydrogens is 362 g/mol. The number of benzene rings is 2. The first-order valence-corrected chi connectivity index (χ1v) is 9.62. The van der Waals surface area contributed by atoms with E-state index in [1.54, 1.807) is 17.7 Å². The van der Waals surface area contributed by atoms with Crippen LogP contribution in [0.15, 0.2) is 48.1 Å². The molecule has 130 valence electrons. The molecule has 4 rings (SSSR count). The summed E-state index contributed by atoms with van der Waals surface area (Å²) in [5.74, 6) is 0.802. The number of aromatic nitrogens is 2. The summed E-state index contributed by atoms with van der Waals surface area (Å²) in [6.07, 6.45) is 1.60. The molecule has 0 amide bonds. The average Bonchev–Trinajstić information content (AvgIpc) is 3.04. The highest BCUT2D eigenvalue weighted by Gasteiger charge is 2.15. The van der Waals surface area contributed by atoms with Crippen LogP contribution in [0.2, 0.25) is 5.02 Å². The van der Waals surface area contributed by atoms with Crippen LogP contribution in [0, 0.1) is 20.8 Å². The van der Waals surface area contributed by atoms with E-state index in [9.17, 15) is 0 Å². The van der Waals surface area contributed by atoms with Crippen LogP contribution in [0.1, 0.15) is 16.7 Å². The molecule has 0 aliphatic heterocycles. The van der Waals surface area contributed by atoms with Crippen molar-refractivity contribution in [2.45, 2.75) is 20.8 Å². The largest absolute Gasteiger partial charge is 0.339 e. The Morgan fingerprint density at radius 3 is 2.65 bits per heavy atom. The molecule has 26 heavy (non-hydrogen) atoms. The Balaban J connectivity index is 1.89. The zero-order valence-electron chi connectivity index (χ0n) is 14.8. The molecule has 2 aromatic heterocycles. The lowest BCUT2D eigenvalue weighted by atomic mass is 9.99. The van der Waals surface area contributed by atoms with Gasteiger partial charge in [-0.15, -0.1) is 11.3 Å². The van der Waals surface area contributed by atoms with E-state index in [1.165, 1.54) is 16.7 Å². The van der Waals surface area contributed by atoms with Gasteiger partial charge >= 0.3 is 0 Å². The maximum atomic E-state index is 6.27. The Morgan fingerprint density at radius 1 is 1.00 bits per heavy atom. The fourth-order valence-corrected chi connectivity index (χ4v) is 4.24. The number of nitrogens with one attached hydrogen (secondary N) is 1. The molecule has 1 N–H and O–H groups in total. The molecule has 3 nitrogen and oxygen atoms in total. The van der Waals surface area contributed by atoms with Gasteiger partial charge in [-0.25, -0.2) is 9.97 Å². The number of aryl methyl sites for hydroxylation is 2. The van der Waals surface area contributed by atoms with Crippen molar-refractivity contribution in [3.63, 3.8) is 0 Å². The monoisotopic (exact) mass is 379 g/mol. The smallest absolute Gasteiger partial charge is 0.143 e. The highest BCUT2D eigenvalue weighted by Crippen LogP contribution is 2.39. The molecule has 0 radical (unpaired) electrons. The summed E-state index contributed by atoms with van der Waals surface area (Å²) in [6, 6.07) is 12.4. The van der Waals surface area contributed by atoms with Gasteiger partial charge in [-0.2, -0.15) is 0 Å². The molecular formula is C21H18ClN3S. The lowest BCUT2D eigenvalue weighted by Gasteiger charge is -2.12. The van der Waals surface area contributed by atoms with Crippen LogP contribution in [0.5, 0.6) is 0 Å². The van der Waals surface area contributed by atoms with Crippen molar-refractivity contribution >= 4 is 44.7 Å². The number of hydrogen-bond acceptors (Lipinski definition) is 4. The fourth-order valence-electron chi connectivity index (χ4n) is 3.15. The molecule has 2 aromatic carbocycles. The zero-order chi connectivity index (χ0) is 18.3. The molecule has 0 bridgehead atoms. The Kier molecular flexibility index (Phi) is 4.39. The number of thiophene rings is 1. The van der Waals surface area contributed by atoms with Crippen molar-refractivity contribution in [2.75, 3.05) is 5.32 Å². The van der Waals surface area contributed by atoms with E-state index in [0.717, 1.165) is 37.9 Å². The van der Waals surface area contributed by atoms with Crippen molar-refractivity contribution in [1.82, 2.24) is 9.97 Å². The summed E-state index contributed by atoms with van der Waals surface area (Å²) < 4.78 is 0. The number of rotatable bonds is 3. The topological polar surface area (TPSA) is 37.8 Å². The van der Waals surface area contributed by atoms with Crippen LogP contribution in [-0.4, -0.2) is 9.97 Å². The van der Waals surface area contributed by atoms with Crippen LogP contribution in [-0.2, 0) is 0 Å². The fraction of sp³-hybridized carbons (Fsp3) is 0.143. The van der Waals surface area contributed by atoms with E-state index in [0.29, 0.717) is 0 Å². The van der Waals surface area contributed by atoms with Crippen molar-refractivity contribution in [3.8, 4) is 11.1 Å². The van der Waals surface area contributed by atoms with Gasteiger partial charge in [0, 0.05) is 21.7 Å². The van der Waals surface area contributed by atoms with E-state index in [1.807, 2.05) is 25.1 Å². The van der Waals surface area contributed by atoms with E-state index >= 15 is 0 Å². The van der Waals surface area contributed by atoms with Gasteiger partial charge in [0.25, 0.3) is 0 Å². The van der Waals surface area contributed by atoms with Crippen LogP contribution in [0.25, 0.3) is 21.3 Å². The first-order valence-electron chi connectivity index (χ1n) is 8.36. The quantitative estimate of drug-likeness (QED) is 0.431. The van der Waals surface area contributed by atoms with Gasteiger partial charge in [-0.1, -0.05) is 41.4 Å². The summed E-state index contributed by atoms with van der Waals surface area (Å²) in [5, 5.41) is 7.40. The lowest BCUT2D eigenvalue weighted by molar-refractivity contribution is 1.23. The molecule has 2 heterocycles. The van der Waals surface area contributed by atoms with Crippen molar-refractivity contribution in [2.24, 2.45) is 0 Å². The molecule has 5 heteroatoms. The third kappa shape index (κ3) is 2.96. The van der Waals surface area contributed by atoms with Gasteiger partial charge in [0.2, 0.25) is 0 Å². The molecule has 4 aromatic rings. The number of hydrogen-bond donors (Lipinski definition) is 1. The second kappa shape index (κ2) is 6.71. The van der Waals surface area contributed by atoms with Gasteiger partial charge < -0.3 is 5.32 Å². The Labute approximate surface area is 161 Å². The highest BCUT2D eigenvalue weighted by atomic mass is 35.5. The Hall–Kier alpha value is -2.43. The molecule has 0 fully saturated rings. The predicted octanol–water partition coefficient (Wildman–Crippen LogP) is 6.68. The number of fused-ring (bicyclic) bond motifs is 1. The van der Waals surface area contributed by atoms with Gasteiger partial charge in [0.05, 0.1) is 5.39 Å². The summed E-state index contributed by atoms with van der Waals surface area (Å²) in [7, 11) is 0. The van der Waals surface area contributed by atoms with Gasteiger partial charge in [0.15, 0.2) is 0 Å². The molecule has 0 atom stereocenters. The number of nitrogens with zero attached hydrogens (tertiary/aromatic N) is 2. The lowest BCUT2D eigenvalue weighted by Crippen LogP contribution is -1.98. The second-order valence-electron chi connectivity index (χ2n) is 6.41. The molecule has 0 unspecified atom stereocenters. The minimum absolute atomic E-state index is 0.736. The van der Waals surface area contributed by atoms with Gasteiger partial charge in [0.1, 0.15) is 17.0 Å². The molecule has 0 aliphatic rings. The van der Waals surface area contributed by atoms with E-state index < -0.39 is 0 Å². The summed E-state index contributed by atoms with van der Waals surface area (Å²) in [4.78, 5) is 9.95. The van der Waals surface area contributed by atoms with Gasteiger partial charge in [-0.05, 0) is 49.6 Å². The summed E-state index contributed by atoms with van der Waals surface area (Å²) in [6.45, 7) is 6.26. The normalized spacial score (nSPS) is 11.1. The number of halogens is 1. The molecule has 0 spiro atoms. The average molecular weight is 380 g/mol. The van der Waals surface area contributed by atoms with Crippen LogP contribution < -0.4 is 5.32 Å². The van der Waals surface area contributed by atoms with E-state index in [4.69, 9.17) is 11.6 Å². The molecule has 0 saturated heterocycles. The van der Waals surface area contributed by atoms with Crippen LogP contribution >= 0.6 is 22.9 Å². The first-order chi connectivity index (χ1) is 12.5. The summed E-state index contributed by atoms with van der Waals surface area (Å²) in [5.41, 5.74) is 6.83. The van der Waals surface area contributed by atoms with Crippen LogP contribution in [0.4, 0.5) is 11.5 Å². The number of anilines is 2. The standard InChI is InChI=1S/C21H18ClN3S/c1-12-7-8-15(13(2)9-12)16-10-26-21-19(16)20(23-11-24-21)25-18-6-4-5-17(22)14(18)3/h4-11H,1-3H3,(H,23,24,25). The van der Waals surface area contributed by atoms with Crippen molar-refractivity contribution in [3.05, 3.63) is 69.8 Å². The van der Waals surface area contributed by atoms with Crippen molar-refractivity contribution < 1.29 is 0 Å². The first kappa shape index (κ1) is 17.0. The Bertz CT molecular complexity index is 1120. The SMILES string of the molecule is Cc1ccc(-c2csc3ncnc(Nc4cccc(Cl)c4C)c23)c(C)c1. The van der Waals surface area contributed by atoms with Gasteiger partial charge in [-0.3, -0.25) is 0 Å². The zero-order valence-corrected chi connectivity index (χ0v) is 16.4. The minimum Gasteiger partial charge on any atom is -0.339 e. The maximum Gasteiger partial charge on any atom is 0.143 e. The van der Waals surface area contributed by atoms with Crippen molar-refractivity contribution in [1.29, 1.82) is 0 Å². The van der Waals surface area contributed by atoms with Crippen LogP contribution in [0.3, 0.4) is 0 Å². The summed E-state index contributed by atoms with van der Waals surface area (Å²) >= 11 is 7.91. The third-order valence-electron chi connectivity index (χ3n) is 4.56. The van der Waals surface area contributed by atoms with E-state index in [-0.39, 0.29) is 0 Å². The maximum absolute atomic E-state index is 6.27. The minimum atomic E-state index is 0.736. The second-order valence-corrected chi connectivity index (χ2v) is 7.67. The highest BCUT2D eigenvalue weighted by molar-refractivity contribution is 7.17. The van der Waals surface area contributed by atoms with E-state index in [2.05, 4.69) is 52.7 Å². The molecule has 0 saturated carbocycles. The molecule has 0 aliphatic carbocycles. The third-order valence-corrected chi connectivity index (χ3v) is 5.86. The predicted molar refractivity (Wildman–Crippen MR) is 112 cm³/mol.